The predicted octanol–water partition coefficient (Wildman–Crippen LogP) is 2.58. The van der Waals surface area contributed by atoms with E-state index in [-0.39, 0.29) is 23.5 Å². The Kier molecular flexibility index (Phi) is 5.95. The van der Waals surface area contributed by atoms with Crippen molar-refractivity contribution in [3.8, 4) is 0 Å². The number of carbonyl (C=O) groups excluding carboxylic acids is 1. The Balaban J connectivity index is 1.43. The number of nitrogens with zero attached hydrogens (tertiary/aromatic N) is 2. The normalized spacial score (nSPS) is 22.7. The minimum absolute atomic E-state index is 0.00226. The lowest BCUT2D eigenvalue weighted by Crippen LogP contribution is -2.65. The maximum Gasteiger partial charge on any atom is 0.299 e. The fraction of sp³-hybridized carbons (Fsp3) is 0.385. The Labute approximate surface area is 196 Å². The molecular formula is C26H31N3O3Si. The first-order valence-electron chi connectivity index (χ1n) is 11.7. The van der Waals surface area contributed by atoms with Gasteiger partial charge in [0.1, 0.15) is 18.2 Å². The van der Waals surface area contributed by atoms with E-state index in [2.05, 4.69) is 84.5 Å². The Morgan fingerprint density at radius 3 is 2.21 bits per heavy atom. The molecule has 5 rings (SSSR count). The van der Waals surface area contributed by atoms with Gasteiger partial charge in [-0.1, -0.05) is 81.4 Å². The molecule has 2 aliphatic heterocycles. The van der Waals surface area contributed by atoms with Crippen LogP contribution in [-0.2, 0) is 4.43 Å². The average Bonchev–Trinajstić information content (AvgIpc) is 3.22. The summed E-state index contributed by atoms with van der Waals surface area (Å²) in [7, 11) is -1.96. The highest BCUT2D eigenvalue weighted by atomic mass is 28.3. The zero-order valence-corrected chi connectivity index (χ0v) is 20.6. The summed E-state index contributed by atoms with van der Waals surface area (Å²) < 4.78 is 12.8. The van der Waals surface area contributed by atoms with Crippen LogP contribution in [0, 0.1) is 11.3 Å². The highest BCUT2D eigenvalue weighted by molar-refractivity contribution is 6.80. The largest absolute Gasteiger partial charge is 0.431 e. The van der Waals surface area contributed by atoms with Gasteiger partial charge in [-0.3, -0.25) is 4.79 Å². The molecule has 1 N–H and O–H groups in total. The molecule has 0 amide bonds. The van der Waals surface area contributed by atoms with Gasteiger partial charge in [-0.15, -0.1) is 0 Å². The number of benzene rings is 2. The summed E-state index contributed by atoms with van der Waals surface area (Å²) in [5.74, 6) is 0.321. The van der Waals surface area contributed by atoms with Gasteiger partial charge in [0.25, 0.3) is 6.01 Å². The van der Waals surface area contributed by atoms with Gasteiger partial charge in [0.2, 0.25) is 14.8 Å². The third-order valence-corrected chi connectivity index (χ3v) is 9.30. The van der Waals surface area contributed by atoms with E-state index in [9.17, 15) is 4.79 Å². The Hall–Kier alpha value is -2.74. The average molecular weight is 462 g/mol. The second-order valence-corrected chi connectivity index (χ2v) is 12.4. The Morgan fingerprint density at radius 1 is 1.09 bits per heavy atom. The SMILES string of the molecule is CC(C)(C)C1CN(c2nc(C(=O)C3CCN3)co2)C1O[SiH](c1ccccc1)c1ccccc1. The van der Waals surface area contributed by atoms with E-state index >= 15 is 0 Å². The van der Waals surface area contributed by atoms with Crippen LogP contribution in [0.3, 0.4) is 0 Å². The maximum atomic E-state index is 12.6. The lowest BCUT2D eigenvalue weighted by atomic mass is 9.74. The van der Waals surface area contributed by atoms with E-state index in [0.717, 1.165) is 19.5 Å². The maximum absolute atomic E-state index is 12.6. The zero-order valence-electron chi connectivity index (χ0n) is 19.4. The van der Waals surface area contributed by atoms with Crippen molar-refractivity contribution in [2.45, 2.75) is 39.5 Å². The van der Waals surface area contributed by atoms with Gasteiger partial charge < -0.3 is 19.1 Å². The standard InChI is InChI=1S/C26H31N3O3Si/c1-26(2,3)20-16-29(25-28-22(17-31-25)23(30)21-14-15-27-21)24(20)32-33(18-10-6-4-7-11-18)19-12-8-5-9-13-19/h4-13,17,20-21,24,27,33H,14-16H2,1-3H3. The molecule has 3 heterocycles. The summed E-state index contributed by atoms with van der Waals surface area (Å²) >= 11 is 0. The monoisotopic (exact) mass is 461 g/mol. The van der Waals surface area contributed by atoms with Gasteiger partial charge in [-0.25, -0.2) is 0 Å². The highest BCUT2D eigenvalue weighted by Gasteiger charge is 2.49. The first-order chi connectivity index (χ1) is 15.9. The molecule has 0 bridgehead atoms. The topological polar surface area (TPSA) is 67.6 Å². The van der Waals surface area contributed by atoms with Crippen molar-refractivity contribution in [2.75, 3.05) is 18.0 Å². The number of hydrogen-bond acceptors (Lipinski definition) is 6. The molecule has 6 nitrogen and oxygen atoms in total. The minimum atomic E-state index is -1.96. The van der Waals surface area contributed by atoms with E-state index in [4.69, 9.17) is 8.84 Å². The van der Waals surface area contributed by atoms with Gasteiger partial charge >= 0.3 is 0 Å². The zero-order chi connectivity index (χ0) is 23.0. The molecular weight excluding hydrogens is 430 g/mol. The first kappa shape index (κ1) is 22.1. The van der Waals surface area contributed by atoms with Gasteiger partial charge in [0, 0.05) is 12.5 Å². The molecule has 2 fully saturated rings. The van der Waals surface area contributed by atoms with Crippen molar-refractivity contribution in [1.82, 2.24) is 10.3 Å². The first-order valence-corrected chi connectivity index (χ1v) is 13.3. The summed E-state index contributed by atoms with van der Waals surface area (Å²) in [6.07, 6.45) is 2.18. The molecule has 3 aromatic rings. The van der Waals surface area contributed by atoms with Crippen molar-refractivity contribution in [2.24, 2.45) is 11.3 Å². The molecule has 3 unspecified atom stereocenters. The van der Waals surface area contributed by atoms with Crippen LogP contribution in [0.15, 0.2) is 71.3 Å². The molecule has 2 aliphatic rings. The summed E-state index contributed by atoms with van der Waals surface area (Å²) in [5.41, 5.74) is 0.453. The van der Waals surface area contributed by atoms with E-state index in [1.165, 1.54) is 16.6 Å². The number of nitrogens with one attached hydrogen (secondary N) is 1. The van der Waals surface area contributed by atoms with Crippen molar-refractivity contribution >= 4 is 31.2 Å². The number of rotatable bonds is 7. The van der Waals surface area contributed by atoms with Crippen LogP contribution in [0.2, 0.25) is 0 Å². The fourth-order valence-corrected chi connectivity index (χ4v) is 6.95. The van der Waals surface area contributed by atoms with Gasteiger partial charge in [0.15, 0.2) is 0 Å². The predicted molar refractivity (Wildman–Crippen MR) is 132 cm³/mol. The van der Waals surface area contributed by atoms with Gasteiger partial charge in [0.05, 0.1) is 6.04 Å². The smallest absolute Gasteiger partial charge is 0.299 e. The number of aromatic nitrogens is 1. The number of anilines is 1. The van der Waals surface area contributed by atoms with Crippen LogP contribution in [0.5, 0.6) is 0 Å². The van der Waals surface area contributed by atoms with E-state index < -0.39 is 9.04 Å². The molecule has 0 spiro atoms. The highest BCUT2D eigenvalue weighted by Crippen LogP contribution is 2.42. The molecule has 3 atom stereocenters. The molecule has 7 heteroatoms. The summed E-state index contributed by atoms with van der Waals surface area (Å²) in [6, 6.07) is 21.3. The molecule has 1 aromatic heterocycles. The molecule has 0 radical (unpaired) electrons. The van der Waals surface area contributed by atoms with Crippen LogP contribution >= 0.6 is 0 Å². The second-order valence-electron chi connectivity index (χ2n) is 10.0. The Bertz CT molecular complexity index is 1050. The molecule has 2 saturated heterocycles. The molecule has 2 aromatic carbocycles. The molecule has 172 valence electrons. The molecule has 0 aliphatic carbocycles. The summed E-state index contributed by atoms with van der Waals surface area (Å²) in [4.78, 5) is 19.2. The van der Waals surface area contributed by atoms with Crippen molar-refractivity contribution in [3.05, 3.63) is 72.6 Å². The van der Waals surface area contributed by atoms with Crippen molar-refractivity contribution in [3.63, 3.8) is 0 Å². The summed E-state index contributed by atoms with van der Waals surface area (Å²) in [5, 5.41) is 5.62. The lowest BCUT2D eigenvalue weighted by molar-refractivity contribution is 0.000404. The van der Waals surface area contributed by atoms with Gasteiger partial charge in [-0.2, -0.15) is 4.98 Å². The fourth-order valence-electron chi connectivity index (χ4n) is 4.49. The van der Waals surface area contributed by atoms with E-state index in [1.807, 2.05) is 12.1 Å². The lowest BCUT2D eigenvalue weighted by Gasteiger charge is -2.53. The quantitative estimate of drug-likeness (QED) is 0.431. The molecule has 33 heavy (non-hydrogen) atoms. The van der Waals surface area contributed by atoms with E-state index in [0.29, 0.717) is 17.6 Å². The van der Waals surface area contributed by atoms with Crippen molar-refractivity contribution in [1.29, 1.82) is 0 Å². The van der Waals surface area contributed by atoms with Crippen LogP contribution in [0.1, 0.15) is 37.7 Å². The number of hydrogen-bond donors (Lipinski definition) is 1. The number of Topliss-reactive ketones (excluding diaryl/α,β-unsaturated/α-hetero) is 1. The number of carbonyl (C=O) groups is 1. The third kappa shape index (κ3) is 4.40. The van der Waals surface area contributed by atoms with Crippen LogP contribution in [0.25, 0.3) is 0 Å². The van der Waals surface area contributed by atoms with Crippen LogP contribution in [0.4, 0.5) is 6.01 Å². The number of oxazole rings is 1. The number of ketones is 1. The summed E-state index contributed by atoms with van der Waals surface area (Å²) in [6.45, 7) is 8.41. The molecule has 0 saturated carbocycles. The Morgan fingerprint density at radius 2 is 1.70 bits per heavy atom. The third-order valence-electron chi connectivity index (χ3n) is 6.77. The van der Waals surface area contributed by atoms with Gasteiger partial charge in [-0.05, 0) is 28.8 Å². The van der Waals surface area contributed by atoms with E-state index in [1.54, 1.807) is 0 Å². The van der Waals surface area contributed by atoms with Crippen molar-refractivity contribution < 1.29 is 13.6 Å². The van der Waals surface area contributed by atoms with Crippen LogP contribution < -0.4 is 20.6 Å². The van der Waals surface area contributed by atoms with Crippen LogP contribution in [-0.4, -0.2) is 45.2 Å². The minimum Gasteiger partial charge on any atom is -0.431 e. The second kappa shape index (κ2) is 8.89.